The van der Waals surface area contributed by atoms with Gasteiger partial charge in [-0.2, -0.15) is 0 Å². The lowest BCUT2D eigenvalue weighted by Gasteiger charge is -2.11. The highest BCUT2D eigenvalue weighted by Crippen LogP contribution is 2.34. The van der Waals surface area contributed by atoms with Gasteiger partial charge in [0.25, 0.3) is 0 Å². The van der Waals surface area contributed by atoms with E-state index in [0.717, 1.165) is 22.2 Å². The Morgan fingerprint density at radius 3 is 2.35 bits per heavy atom. The van der Waals surface area contributed by atoms with Crippen molar-refractivity contribution in [3.63, 3.8) is 0 Å². The number of hydrogen-bond donors (Lipinski definition) is 1. The molecule has 23 heavy (non-hydrogen) atoms. The molecule has 3 aromatic rings. The van der Waals surface area contributed by atoms with E-state index < -0.39 is 0 Å². The molecule has 5 nitrogen and oxygen atoms in total. The Bertz CT molecular complexity index is 853. The van der Waals surface area contributed by atoms with Crippen LogP contribution in [0.25, 0.3) is 10.9 Å². The van der Waals surface area contributed by atoms with Gasteiger partial charge in [0.2, 0.25) is 0 Å². The molecule has 0 aliphatic heterocycles. The highest BCUT2D eigenvalue weighted by atomic mass is 16.5. The standard InChI is InChI=1S/C18H18N2O3/c1-21-16-10-18(23-3)17(22-2)8-13(16)11-20-14-5-4-12-6-7-19-15(12)9-14/h4-11,19H,1-3H3. The summed E-state index contributed by atoms with van der Waals surface area (Å²) in [6, 6.07) is 11.7. The summed E-state index contributed by atoms with van der Waals surface area (Å²) < 4.78 is 16.0. The summed E-state index contributed by atoms with van der Waals surface area (Å²) in [6.07, 6.45) is 3.67. The maximum Gasteiger partial charge on any atom is 0.164 e. The minimum Gasteiger partial charge on any atom is -0.496 e. The van der Waals surface area contributed by atoms with Crippen LogP contribution in [-0.2, 0) is 0 Å². The summed E-state index contributed by atoms with van der Waals surface area (Å²) in [5.74, 6) is 1.93. The fourth-order valence-corrected chi connectivity index (χ4v) is 2.41. The number of nitrogens with zero attached hydrogens (tertiary/aromatic N) is 1. The lowest BCUT2D eigenvalue weighted by atomic mass is 10.2. The third kappa shape index (κ3) is 2.99. The van der Waals surface area contributed by atoms with Gasteiger partial charge in [-0.15, -0.1) is 0 Å². The number of benzene rings is 2. The van der Waals surface area contributed by atoms with Gasteiger partial charge in [-0.05, 0) is 29.7 Å². The van der Waals surface area contributed by atoms with E-state index in [9.17, 15) is 0 Å². The van der Waals surface area contributed by atoms with Crippen molar-refractivity contribution >= 4 is 22.8 Å². The minimum atomic E-state index is 0.620. The van der Waals surface area contributed by atoms with E-state index >= 15 is 0 Å². The van der Waals surface area contributed by atoms with Gasteiger partial charge in [0, 0.05) is 29.6 Å². The van der Waals surface area contributed by atoms with Crippen LogP contribution in [0.3, 0.4) is 0 Å². The number of aromatic amines is 1. The quantitative estimate of drug-likeness (QED) is 0.726. The Labute approximate surface area is 134 Å². The first-order chi connectivity index (χ1) is 11.2. The van der Waals surface area contributed by atoms with E-state index in [4.69, 9.17) is 14.2 Å². The van der Waals surface area contributed by atoms with Crippen LogP contribution in [0.1, 0.15) is 5.56 Å². The average Bonchev–Trinajstić information content (AvgIpc) is 3.06. The van der Waals surface area contributed by atoms with Crippen LogP contribution < -0.4 is 14.2 Å². The molecule has 0 fully saturated rings. The molecular weight excluding hydrogens is 292 g/mol. The summed E-state index contributed by atoms with van der Waals surface area (Å²) in [6.45, 7) is 0. The molecule has 1 N–H and O–H groups in total. The number of fused-ring (bicyclic) bond motifs is 1. The molecule has 0 bridgehead atoms. The molecule has 5 heteroatoms. The molecule has 0 saturated carbocycles. The van der Waals surface area contributed by atoms with E-state index in [2.05, 4.69) is 9.98 Å². The monoisotopic (exact) mass is 310 g/mol. The van der Waals surface area contributed by atoms with E-state index in [0.29, 0.717) is 17.2 Å². The maximum absolute atomic E-state index is 5.40. The van der Waals surface area contributed by atoms with Crippen LogP contribution in [0.2, 0.25) is 0 Å². The fourth-order valence-electron chi connectivity index (χ4n) is 2.41. The second kappa shape index (κ2) is 6.44. The zero-order valence-corrected chi connectivity index (χ0v) is 13.3. The number of ether oxygens (including phenoxy) is 3. The van der Waals surface area contributed by atoms with Crippen molar-refractivity contribution in [2.24, 2.45) is 4.99 Å². The lowest BCUT2D eigenvalue weighted by molar-refractivity contribution is 0.349. The summed E-state index contributed by atoms with van der Waals surface area (Å²) in [5, 5.41) is 1.16. The number of methoxy groups -OCH3 is 3. The van der Waals surface area contributed by atoms with Crippen molar-refractivity contribution in [2.75, 3.05) is 21.3 Å². The highest BCUT2D eigenvalue weighted by molar-refractivity contribution is 5.88. The van der Waals surface area contributed by atoms with Crippen LogP contribution in [0.4, 0.5) is 5.69 Å². The minimum absolute atomic E-state index is 0.620. The SMILES string of the molecule is COc1cc(OC)c(OC)cc1C=Nc1ccc2cc[nH]c2c1. The molecule has 2 aromatic carbocycles. The predicted octanol–water partition coefficient (Wildman–Crippen LogP) is 3.94. The molecule has 118 valence electrons. The van der Waals surface area contributed by atoms with Gasteiger partial charge in [-0.1, -0.05) is 6.07 Å². The largest absolute Gasteiger partial charge is 0.496 e. The summed E-state index contributed by atoms with van der Waals surface area (Å²) in [7, 11) is 4.81. The maximum atomic E-state index is 5.40. The number of nitrogens with one attached hydrogen (secondary N) is 1. The van der Waals surface area contributed by atoms with Crippen LogP contribution in [-0.4, -0.2) is 32.5 Å². The normalized spacial score (nSPS) is 11.1. The van der Waals surface area contributed by atoms with Gasteiger partial charge < -0.3 is 19.2 Å². The second-order valence-electron chi connectivity index (χ2n) is 4.96. The molecule has 0 aliphatic rings. The Morgan fingerprint density at radius 1 is 0.870 bits per heavy atom. The Morgan fingerprint density at radius 2 is 1.61 bits per heavy atom. The zero-order chi connectivity index (χ0) is 16.2. The molecule has 0 saturated heterocycles. The van der Waals surface area contributed by atoms with E-state index in [1.807, 2.05) is 36.5 Å². The van der Waals surface area contributed by atoms with Crippen molar-refractivity contribution in [1.29, 1.82) is 0 Å². The van der Waals surface area contributed by atoms with Crippen LogP contribution in [0, 0.1) is 0 Å². The molecule has 1 heterocycles. The third-order valence-electron chi connectivity index (χ3n) is 3.63. The van der Waals surface area contributed by atoms with E-state index in [1.165, 1.54) is 0 Å². The van der Waals surface area contributed by atoms with E-state index in [-0.39, 0.29) is 0 Å². The number of hydrogen-bond acceptors (Lipinski definition) is 4. The molecule has 1 aromatic heterocycles. The number of aromatic nitrogens is 1. The van der Waals surface area contributed by atoms with Gasteiger partial charge in [0.1, 0.15) is 5.75 Å². The van der Waals surface area contributed by atoms with Crippen molar-refractivity contribution in [3.05, 3.63) is 48.2 Å². The summed E-state index contributed by atoms with van der Waals surface area (Å²) in [4.78, 5) is 7.70. The molecule has 0 aliphatic carbocycles. The van der Waals surface area contributed by atoms with Crippen molar-refractivity contribution in [2.45, 2.75) is 0 Å². The number of rotatable bonds is 5. The predicted molar refractivity (Wildman–Crippen MR) is 91.7 cm³/mol. The highest BCUT2D eigenvalue weighted by Gasteiger charge is 2.10. The summed E-state index contributed by atoms with van der Waals surface area (Å²) in [5.41, 5.74) is 2.73. The van der Waals surface area contributed by atoms with Crippen LogP contribution in [0.5, 0.6) is 17.2 Å². The Kier molecular flexibility index (Phi) is 4.19. The first kappa shape index (κ1) is 15.0. The molecule has 0 unspecified atom stereocenters. The molecule has 0 atom stereocenters. The third-order valence-corrected chi connectivity index (χ3v) is 3.63. The number of aliphatic imine (C=N–C) groups is 1. The molecule has 0 amide bonds. The van der Waals surface area contributed by atoms with Crippen molar-refractivity contribution in [3.8, 4) is 17.2 Å². The smallest absolute Gasteiger partial charge is 0.164 e. The van der Waals surface area contributed by atoms with Gasteiger partial charge in [0.05, 0.1) is 27.0 Å². The first-order valence-corrected chi connectivity index (χ1v) is 7.16. The van der Waals surface area contributed by atoms with Crippen molar-refractivity contribution in [1.82, 2.24) is 4.98 Å². The molecule has 0 radical (unpaired) electrons. The molecular formula is C18H18N2O3. The van der Waals surface area contributed by atoms with E-state index in [1.54, 1.807) is 33.6 Å². The van der Waals surface area contributed by atoms with Crippen molar-refractivity contribution < 1.29 is 14.2 Å². The Hall–Kier alpha value is -2.95. The molecule has 3 rings (SSSR count). The summed E-state index contributed by atoms with van der Waals surface area (Å²) >= 11 is 0. The van der Waals surface area contributed by atoms with Gasteiger partial charge in [0.15, 0.2) is 11.5 Å². The van der Waals surface area contributed by atoms with Crippen LogP contribution in [0.15, 0.2) is 47.6 Å². The topological polar surface area (TPSA) is 55.8 Å². The second-order valence-corrected chi connectivity index (χ2v) is 4.96. The Balaban J connectivity index is 1.97. The average molecular weight is 310 g/mol. The fraction of sp³-hybridized carbons (Fsp3) is 0.167. The first-order valence-electron chi connectivity index (χ1n) is 7.16. The lowest BCUT2D eigenvalue weighted by Crippen LogP contribution is -1.96. The zero-order valence-electron chi connectivity index (χ0n) is 13.3. The molecule has 0 spiro atoms. The van der Waals surface area contributed by atoms with Gasteiger partial charge in [-0.3, -0.25) is 4.99 Å². The number of H-pyrrole nitrogens is 1. The van der Waals surface area contributed by atoms with Gasteiger partial charge in [-0.25, -0.2) is 0 Å². The van der Waals surface area contributed by atoms with Crippen LogP contribution >= 0.6 is 0 Å². The van der Waals surface area contributed by atoms with Gasteiger partial charge >= 0.3 is 0 Å².